The number of hydrogen-bond acceptors (Lipinski definition) is 3. The predicted octanol–water partition coefficient (Wildman–Crippen LogP) is 12.1. The molecule has 0 saturated heterocycles. The molecule has 0 radical (unpaired) electrons. The van der Waals surface area contributed by atoms with Crippen LogP contribution in [0.25, 0.3) is 0 Å². The zero-order valence-electron chi connectivity index (χ0n) is 25.7. The van der Waals surface area contributed by atoms with Gasteiger partial charge in [0.1, 0.15) is 0 Å². The van der Waals surface area contributed by atoms with Crippen LogP contribution in [-0.4, -0.2) is 18.1 Å². The Kier molecular flexibility index (Phi) is 36.3. The van der Waals surface area contributed by atoms with Crippen molar-refractivity contribution in [3.05, 3.63) is 0 Å². The van der Waals surface area contributed by atoms with Crippen molar-refractivity contribution in [3.63, 3.8) is 0 Å². The van der Waals surface area contributed by atoms with Crippen LogP contribution >= 0.6 is 7.82 Å². The fraction of sp³-hybridized carbons (Fsp3) is 1.00. The predicted molar refractivity (Wildman–Crippen MR) is 162 cm³/mol. The normalized spacial score (nSPS) is 11.7. The molecule has 0 heterocycles. The zero-order chi connectivity index (χ0) is 27.1. The van der Waals surface area contributed by atoms with E-state index in [1.165, 1.54) is 154 Å². The van der Waals surface area contributed by atoms with Crippen LogP contribution in [0.15, 0.2) is 0 Å². The fourth-order valence-corrected chi connectivity index (χ4v) is 5.78. The van der Waals surface area contributed by atoms with Crippen molar-refractivity contribution in [2.24, 2.45) is 0 Å². The quantitative estimate of drug-likeness (QED) is 0.0473. The van der Waals surface area contributed by atoms with E-state index in [9.17, 15) is 9.46 Å². The van der Waals surface area contributed by atoms with Crippen LogP contribution in [0.2, 0.25) is 0 Å². The van der Waals surface area contributed by atoms with Gasteiger partial charge in [-0.25, -0.2) is 4.57 Å². The molecule has 0 fully saturated rings. The van der Waals surface area contributed by atoms with Crippen LogP contribution in [0.1, 0.15) is 194 Å². The molecule has 0 aliphatic carbocycles. The summed E-state index contributed by atoms with van der Waals surface area (Å²) in [4.78, 5) is 9.83. The van der Waals surface area contributed by atoms with Gasteiger partial charge in [0.25, 0.3) is 0 Å². The van der Waals surface area contributed by atoms with Gasteiger partial charge in [0.15, 0.2) is 0 Å². The molecule has 0 aliphatic rings. The fourth-order valence-electron chi connectivity index (χ4n) is 4.99. The molecule has 0 aromatic rings. The molecular formula is C32H67FeO4P. The minimum absolute atomic E-state index is 0. The van der Waals surface area contributed by atoms with Gasteiger partial charge in [0, 0.05) is 17.1 Å². The minimum Gasteiger partial charge on any atom is -0.302 e. The molecule has 0 aromatic heterocycles. The smallest absolute Gasteiger partial charge is 0.302 e. The summed E-state index contributed by atoms with van der Waals surface area (Å²) in [5, 5.41) is 0. The molecular weight excluding hydrogens is 535 g/mol. The van der Waals surface area contributed by atoms with Gasteiger partial charge >= 0.3 is 7.82 Å². The Morgan fingerprint density at radius 2 is 0.579 bits per heavy atom. The Morgan fingerprint density at radius 1 is 0.395 bits per heavy atom. The Bertz CT molecular complexity index is 440. The zero-order valence-corrected chi connectivity index (χ0v) is 27.7. The van der Waals surface area contributed by atoms with Crippen molar-refractivity contribution in [2.75, 3.05) is 13.2 Å². The van der Waals surface area contributed by atoms with Crippen molar-refractivity contribution in [1.82, 2.24) is 0 Å². The summed E-state index contributed by atoms with van der Waals surface area (Å²) in [5.41, 5.74) is 0. The Morgan fingerprint density at radius 3 is 0.789 bits per heavy atom. The van der Waals surface area contributed by atoms with Crippen molar-refractivity contribution >= 4 is 7.82 Å². The topological polar surface area (TPSA) is 55.8 Å². The maximum Gasteiger partial charge on any atom is 0.472 e. The van der Waals surface area contributed by atoms with Gasteiger partial charge in [-0.1, -0.05) is 181 Å². The first-order valence-corrected chi connectivity index (χ1v) is 18.2. The van der Waals surface area contributed by atoms with E-state index in [4.69, 9.17) is 9.05 Å². The number of phosphoric acid groups is 1. The molecule has 0 aromatic carbocycles. The monoisotopic (exact) mass is 602 g/mol. The van der Waals surface area contributed by atoms with E-state index in [-0.39, 0.29) is 17.1 Å². The van der Waals surface area contributed by atoms with Crippen molar-refractivity contribution < 1.29 is 35.6 Å². The summed E-state index contributed by atoms with van der Waals surface area (Å²) in [6.07, 6.45) is 36.4. The number of unbranched alkanes of at least 4 members (excludes halogenated alkanes) is 26. The first-order valence-electron chi connectivity index (χ1n) is 16.7. The van der Waals surface area contributed by atoms with E-state index in [2.05, 4.69) is 13.8 Å². The van der Waals surface area contributed by atoms with E-state index >= 15 is 0 Å². The van der Waals surface area contributed by atoms with Crippen molar-refractivity contribution in [1.29, 1.82) is 0 Å². The maximum atomic E-state index is 12.0. The summed E-state index contributed by atoms with van der Waals surface area (Å²) in [7, 11) is -3.87. The van der Waals surface area contributed by atoms with Crippen LogP contribution in [0.5, 0.6) is 0 Å². The number of hydrogen-bond donors (Lipinski definition) is 1. The van der Waals surface area contributed by atoms with E-state index in [0.29, 0.717) is 13.2 Å². The second-order valence-corrected chi connectivity index (χ2v) is 12.8. The second kappa shape index (κ2) is 33.8. The second-order valence-electron chi connectivity index (χ2n) is 11.3. The molecule has 0 rings (SSSR count). The Balaban J connectivity index is 0. The van der Waals surface area contributed by atoms with Crippen LogP contribution < -0.4 is 0 Å². The molecule has 0 spiro atoms. The summed E-state index contributed by atoms with van der Waals surface area (Å²) >= 11 is 0. The average Bonchev–Trinajstić information content (AvgIpc) is 2.88. The summed E-state index contributed by atoms with van der Waals surface area (Å²) in [6.45, 7) is 5.19. The largest absolute Gasteiger partial charge is 0.472 e. The minimum atomic E-state index is -3.87. The molecule has 0 atom stereocenters. The van der Waals surface area contributed by atoms with Gasteiger partial charge in [-0.15, -0.1) is 0 Å². The Hall–Kier alpha value is 0.629. The van der Waals surface area contributed by atoms with E-state index in [1.54, 1.807) is 0 Å². The Labute approximate surface area is 249 Å². The SMILES string of the molecule is CCCCCCCCCCCCCCCCOP(=O)(O)OCCCCCCCCCCCCCCCC.[Fe]. The van der Waals surface area contributed by atoms with Crippen LogP contribution in [-0.2, 0) is 30.7 Å². The molecule has 0 bridgehead atoms. The summed E-state index contributed by atoms with van der Waals surface area (Å²) in [6, 6.07) is 0. The van der Waals surface area contributed by atoms with E-state index < -0.39 is 7.82 Å². The third-order valence-electron chi connectivity index (χ3n) is 7.50. The third kappa shape index (κ3) is 34.7. The van der Waals surface area contributed by atoms with Gasteiger partial charge in [-0.05, 0) is 12.8 Å². The number of rotatable bonds is 32. The summed E-state index contributed by atoms with van der Waals surface area (Å²) < 4.78 is 22.3. The molecule has 0 unspecified atom stereocenters. The van der Waals surface area contributed by atoms with Crippen molar-refractivity contribution in [3.8, 4) is 0 Å². The molecule has 4 nitrogen and oxygen atoms in total. The molecule has 1 N–H and O–H groups in total. The van der Waals surface area contributed by atoms with Crippen LogP contribution in [0.3, 0.4) is 0 Å². The molecule has 0 saturated carbocycles. The molecule has 232 valence electrons. The first-order chi connectivity index (χ1) is 18.1. The average molecular weight is 603 g/mol. The van der Waals surface area contributed by atoms with Gasteiger partial charge in [0.2, 0.25) is 0 Å². The van der Waals surface area contributed by atoms with Gasteiger partial charge in [-0.2, -0.15) is 0 Å². The third-order valence-corrected chi connectivity index (χ3v) is 8.52. The van der Waals surface area contributed by atoms with E-state index in [0.717, 1.165) is 25.7 Å². The van der Waals surface area contributed by atoms with Gasteiger partial charge in [0.05, 0.1) is 13.2 Å². The summed E-state index contributed by atoms with van der Waals surface area (Å²) in [5.74, 6) is 0. The van der Waals surface area contributed by atoms with Crippen LogP contribution in [0, 0.1) is 0 Å². The first kappa shape index (κ1) is 40.8. The number of phosphoric ester groups is 1. The molecule has 0 amide bonds. The van der Waals surface area contributed by atoms with E-state index in [1.807, 2.05) is 0 Å². The van der Waals surface area contributed by atoms with Crippen molar-refractivity contribution in [2.45, 2.75) is 194 Å². The molecule has 6 heteroatoms. The van der Waals surface area contributed by atoms with Gasteiger partial charge in [-0.3, -0.25) is 9.05 Å². The standard InChI is InChI=1S/C32H67O4P.Fe/c1-3-5-7-9-11-13-15-17-19-21-23-25-27-29-31-35-37(33,34)36-32-30-28-26-24-22-20-18-16-14-12-10-8-6-4-2;/h3-32H2,1-2H3,(H,33,34);. The molecule has 0 aliphatic heterocycles. The molecule has 38 heavy (non-hydrogen) atoms. The van der Waals surface area contributed by atoms with Crippen LogP contribution in [0.4, 0.5) is 0 Å². The maximum absolute atomic E-state index is 12.0. The van der Waals surface area contributed by atoms with Gasteiger partial charge < -0.3 is 4.89 Å².